The van der Waals surface area contributed by atoms with Crippen LogP contribution in [0.5, 0.6) is 0 Å². The van der Waals surface area contributed by atoms with Crippen molar-refractivity contribution in [3.63, 3.8) is 0 Å². The highest BCUT2D eigenvalue weighted by Gasteiger charge is 2.21. The van der Waals surface area contributed by atoms with E-state index in [1.54, 1.807) is 0 Å². The Morgan fingerprint density at radius 1 is 1.60 bits per heavy atom. The summed E-state index contributed by atoms with van der Waals surface area (Å²) in [7, 11) is 0. The number of halogens is 2. The first-order chi connectivity index (χ1) is 4.83. The minimum absolute atomic E-state index is 0.153. The van der Waals surface area contributed by atoms with E-state index in [1.165, 1.54) is 0 Å². The zero-order valence-electron chi connectivity index (χ0n) is 5.85. The van der Waals surface area contributed by atoms with Gasteiger partial charge in [0.05, 0.1) is 12.7 Å². The van der Waals surface area contributed by atoms with Gasteiger partial charge in [0.1, 0.15) is 0 Å². The topological polar surface area (TPSA) is 12.5 Å². The van der Waals surface area contributed by atoms with Crippen molar-refractivity contribution in [3.05, 3.63) is 0 Å². The van der Waals surface area contributed by atoms with Gasteiger partial charge < -0.3 is 4.74 Å². The van der Waals surface area contributed by atoms with Gasteiger partial charge in [0.15, 0.2) is 0 Å². The monoisotopic (exact) mass is 182 g/mol. The van der Waals surface area contributed by atoms with Gasteiger partial charge in [-0.2, -0.15) is 0 Å². The molecule has 1 aliphatic heterocycles. The molecule has 1 fully saturated rings. The first kappa shape index (κ1) is 8.63. The summed E-state index contributed by atoms with van der Waals surface area (Å²) in [5.41, 5.74) is 0. The average Bonchev–Trinajstić information content (AvgIpc) is 2.71. The minimum Gasteiger partial charge on any atom is -0.373 e. The highest BCUT2D eigenvalue weighted by atomic mass is 35.5. The maximum absolute atomic E-state index is 5.80. The Labute approximate surface area is 71.6 Å². The highest BCUT2D eigenvalue weighted by molar-refractivity contribution is 6.28. The summed E-state index contributed by atoms with van der Waals surface area (Å²) in [5, 5.41) is 0.153. The van der Waals surface area contributed by atoms with Crippen LogP contribution in [0, 0.1) is 0 Å². The molecule has 1 saturated heterocycles. The molecule has 1 rings (SSSR count). The van der Waals surface area contributed by atoms with Gasteiger partial charge in [0.2, 0.25) is 0 Å². The molecule has 0 saturated carbocycles. The Morgan fingerprint density at radius 3 is 2.80 bits per heavy atom. The summed E-state index contributed by atoms with van der Waals surface area (Å²) in [6.45, 7) is 0.952. The normalized spacial score (nSPS) is 26.4. The molecule has 1 aliphatic rings. The number of hydrogen-bond acceptors (Lipinski definition) is 1. The van der Waals surface area contributed by atoms with E-state index in [0.29, 0.717) is 12.0 Å². The summed E-state index contributed by atoms with van der Waals surface area (Å²) in [6, 6.07) is 0. The molecule has 60 valence electrons. The molecule has 2 atom stereocenters. The third kappa shape index (κ3) is 3.65. The van der Waals surface area contributed by atoms with Crippen molar-refractivity contribution in [1.82, 2.24) is 0 Å². The molecule has 0 bridgehead atoms. The van der Waals surface area contributed by atoms with Gasteiger partial charge in [-0.3, -0.25) is 0 Å². The summed E-state index contributed by atoms with van der Waals surface area (Å²) in [4.78, 5) is 0. The van der Waals surface area contributed by atoms with Crippen LogP contribution in [0.25, 0.3) is 0 Å². The van der Waals surface area contributed by atoms with E-state index in [9.17, 15) is 0 Å². The molecule has 0 aromatic rings. The molecular formula is C7H12Cl2O. The SMILES string of the molecule is ClCC(Cl)CCCC1CO1. The third-order valence-electron chi connectivity index (χ3n) is 1.61. The molecule has 0 aliphatic carbocycles. The number of hydrogen-bond donors (Lipinski definition) is 0. The van der Waals surface area contributed by atoms with Crippen LogP contribution in [0.4, 0.5) is 0 Å². The van der Waals surface area contributed by atoms with Crippen molar-refractivity contribution in [2.24, 2.45) is 0 Å². The molecule has 3 heteroatoms. The summed E-state index contributed by atoms with van der Waals surface area (Å²) >= 11 is 11.3. The van der Waals surface area contributed by atoms with E-state index < -0.39 is 0 Å². The van der Waals surface area contributed by atoms with Crippen molar-refractivity contribution in [2.45, 2.75) is 30.7 Å². The van der Waals surface area contributed by atoms with Crippen LogP contribution >= 0.6 is 23.2 Å². The van der Waals surface area contributed by atoms with Gasteiger partial charge in [-0.25, -0.2) is 0 Å². The Kier molecular flexibility index (Phi) is 3.82. The smallest absolute Gasteiger partial charge is 0.0810 e. The number of ether oxygens (including phenoxy) is 1. The zero-order valence-corrected chi connectivity index (χ0v) is 7.37. The quantitative estimate of drug-likeness (QED) is 0.471. The molecule has 1 heterocycles. The van der Waals surface area contributed by atoms with E-state index in [2.05, 4.69) is 0 Å². The molecule has 0 N–H and O–H groups in total. The molecule has 0 aromatic heterocycles. The second-order valence-electron chi connectivity index (χ2n) is 2.64. The lowest BCUT2D eigenvalue weighted by molar-refractivity contribution is 0.389. The van der Waals surface area contributed by atoms with Gasteiger partial charge in [0.25, 0.3) is 0 Å². The van der Waals surface area contributed by atoms with Gasteiger partial charge in [-0.15, -0.1) is 23.2 Å². The predicted molar refractivity (Wildman–Crippen MR) is 44.0 cm³/mol. The Bertz CT molecular complexity index is 93.6. The van der Waals surface area contributed by atoms with Crippen molar-refractivity contribution >= 4 is 23.2 Å². The first-order valence-electron chi connectivity index (χ1n) is 3.64. The van der Waals surface area contributed by atoms with E-state index in [-0.39, 0.29) is 5.38 Å². The zero-order chi connectivity index (χ0) is 7.40. The van der Waals surface area contributed by atoms with Crippen LogP contribution in [-0.4, -0.2) is 24.0 Å². The van der Waals surface area contributed by atoms with Crippen molar-refractivity contribution in [2.75, 3.05) is 12.5 Å². The number of alkyl halides is 2. The Morgan fingerprint density at radius 2 is 2.30 bits per heavy atom. The van der Waals surface area contributed by atoms with E-state index in [0.717, 1.165) is 25.9 Å². The fourth-order valence-corrected chi connectivity index (χ4v) is 1.19. The van der Waals surface area contributed by atoms with E-state index in [4.69, 9.17) is 27.9 Å². The molecule has 2 unspecified atom stereocenters. The lowest BCUT2D eigenvalue weighted by Gasteiger charge is -2.02. The Hall–Kier alpha value is 0.540. The van der Waals surface area contributed by atoms with Crippen LogP contribution in [0.3, 0.4) is 0 Å². The molecule has 10 heavy (non-hydrogen) atoms. The standard InChI is InChI=1S/C7H12Cl2O/c8-4-6(9)2-1-3-7-5-10-7/h6-7H,1-5H2. The molecule has 0 radical (unpaired) electrons. The fourth-order valence-electron chi connectivity index (χ4n) is 0.879. The molecule has 0 spiro atoms. The average molecular weight is 183 g/mol. The predicted octanol–water partition coefficient (Wildman–Crippen LogP) is 2.40. The van der Waals surface area contributed by atoms with E-state index >= 15 is 0 Å². The summed E-state index contributed by atoms with van der Waals surface area (Å²) in [5.74, 6) is 0.563. The van der Waals surface area contributed by atoms with Crippen molar-refractivity contribution in [3.8, 4) is 0 Å². The Balaban J connectivity index is 1.83. The second kappa shape index (κ2) is 4.42. The third-order valence-corrected chi connectivity index (χ3v) is 2.52. The summed E-state index contributed by atoms with van der Waals surface area (Å²) in [6.07, 6.45) is 3.86. The lowest BCUT2D eigenvalue weighted by atomic mass is 10.2. The van der Waals surface area contributed by atoms with Gasteiger partial charge in [0, 0.05) is 11.3 Å². The number of rotatable bonds is 5. The molecule has 0 aromatic carbocycles. The van der Waals surface area contributed by atoms with Crippen LogP contribution in [-0.2, 0) is 4.74 Å². The first-order valence-corrected chi connectivity index (χ1v) is 4.61. The molecule has 1 nitrogen and oxygen atoms in total. The van der Waals surface area contributed by atoms with Crippen LogP contribution < -0.4 is 0 Å². The maximum atomic E-state index is 5.80. The second-order valence-corrected chi connectivity index (χ2v) is 3.56. The van der Waals surface area contributed by atoms with Gasteiger partial charge in [-0.1, -0.05) is 0 Å². The fraction of sp³-hybridized carbons (Fsp3) is 1.00. The van der Waals surface area contributed by atoms with Crippen molar-refractivity contribution in [1.29, 1.82) is 0 Å². The number of epoxide rings is 1. The summed E-state index contributed by atoms with van der Waals surface area (Å²) < 4.78 is 5.05. The van der Waals surface area contributed by atoms with Crippen LogP contribution in [0.1, 0.15) is 19.3 Å². The van der Waals surface area contributed by atoms with E-state index in [1.807, 2.05) is 0 Å². The maximum Gasteiger partial charge on any atom is 0.0810 e. The van der Waals surface area contributed by atoms with Gasteiger partial charge in [-0.05, 0) is 19.3 Å². The van der Waals surface area contributed by atoms with Crippen LogP contribution in [0.15, 0.2) is 0 Å². The molecular weight excluding hydrogens is 171 g/mol. The highest BCUT2D eigenvalue weighted by Crippen LogP contribution is 2.18. The largest absolute Gasteiger partial charge is 0.373 e. The minimum atomic E-state index is 0.153. The van der Waals surface area contributed by atoms with Gasteiger partial charge >= 0.3 is 0 Å². The van der Waals surface area contributed by atoms with Crippen LogP contribution in [0.2, 0.25) is 0 Å². The lowest BCUT2D eigenvalue weighted by Crippen LogP contribution is -2.00. The molecule has 0 amide bonds. The van der Waals surface area contributed by atoms with Crippen molar-refractivity contribution < 1.29 is 4.74 Å².